The van der Waals surface area contributed by atoms with Gasteiger partial charge in [0, 0.05) is 25.8 Å². The van der Waals surface area contributed by atoms with Gasteiger partial charge in [-0.25, -0.2) is 0 Å². The van der Waals surface area contributed by atoms with Gasteiger partial charge in [-0.15, -0.1) is 12.4 Å². The van der Waals surface area contributed by atoms with Crippen LogP contribution in [0.3, 0.4) is 0 Å². The van der Waals surface area contributed by atoms with E-state index in [1.54, 1.807) is 4.68 Å². The highest BCUT2D eigenvalue weighted by molar-refractivity contribution is 5.95. The summed E-state index contributed by atoms with van der Waals surface area (Å²) in [5.74, 6) is 0.138. The zero-order valence-corrected chi connectivity index (χ0v) is 13.4. The Labute approximate surface area is 127 Å². The second-order valence-electron chi connectivity index (χ2n) is 5.28. The van der Waals surface area contributed by atoms with Crippen LogP contribution in [0.15, 0.2) is 6.20 Å². The van der Waals surface area contributed by atoms with Gasteiger partial charge in [0.05, 0.1) is 11.3 Å². The molecule has 0 saturated carbocycles. The molecule has 0 bridgehead atoms. The third-order valence-corrected chi connectivity index (χ3v) is 3.72. The maximum absolute atomic E-state index is 12.7. The van der Waals surface area contributed by atoms with Crippen LogP contribution in [0.25, 0.3) is 0 Å². The predicted molar refractivity (Wildman–Crippen MR) is 82.4 cm³/mol. The number of hydrogen-bond acceptors (Lipinski definition) is 3. The van der Waals surface area contributed by atoms with Crippen molar-refractivity contribution in [1.82, 2.24) is 20.0 Å². The Bertz CT molecular complexity index is 440. The molecule has 2 heterocycles. The minimum Gasteiger partial charge on any atom is -0.335 e. The van der Waals surface area contributed by atoms with E-state index in [1.807, 2.05) is 25.1 Å². The molecule has 0 atom stereocenters. The number of carbonyl (C=O) groups excluding carboxylic acids is 1. The highest BCUT2D eigenvalue weighted by Crippen LogP contribution is 2.17. The van der Waals surface area contributed by atoms with E-state index in [4.69, 9.17) is 0 Å². The molecule has 0 aliphatic carbocycles. The van der Waals surface area contributed by atoms with Crippen molar-refractivity contribution in [2.75, 3.05) is 19.6 Å². The first-order chi connectivity index (χ1) is 9.13. The lowest BCUT2D eigenvalue weighted by atomic mass is 10.0. The van der Waals surface area contributed by atoms with Crippen LogP contribution < -0.4 is 5.32 Å². The van der Waals surface area contributed by atoms with Gasteiger partial charge in [-0.1, -0.05) is 6.92 Å². The normalized spacial score (nSPS) is 15.8. The number of amides is 1. The van der Waals surface area contributed by atoms with Crippen LogP contribution in [0, 0.1) is 6.92 Å². The zero-order valence-electron chi connectivity index (χ0n) is 12.6. The predicted octanol–water partition coefficient (Wildman–Crippen LogP) is 1.75. The molecule has 0 aromatic carbocycles. The quantitative estimate of drug-likeness (QED) is 0.922. The van der Waals surface area contributed by atoms with Gasteiger partial charge in [0.25, 0.3) is 5.91 Å². The molecule has 1 aliphatic rings. The summed E-state index contributed by atoms with van der Waals surface area (Å²) in [7, 11) is 1.86. The monoisotopic (exact) mass is 300 g/mol. The van der Waals surface area contributed by atoms with E-state index in [-0.39, 0.29) is 18.3 Å². The number of nitrogens with one attached hydrogen (secondary N) is 1. The fraction of sp³-hybridized carbons (Fsp3) is 0.714. The second-order valence-corrected chi connectivity index (χ2v) is 5.28. The molecule has 0 spiro atoms. The Morgan fingerprint density at radius 1 is 1.50 bits per heavy atom. The molecule has 6 heteroatoms. The number of halogens is 1. The largest absolute Gasteiger partial charge is 0.335 e. The summed E-state index contributed by atoms with van der Waals surface area (Å²) in [6.07, 6.45) is 4.92. The molecule has 5 nitrogen and oxygen atoms in total. The Morgan fingerprint density at radius 3 is 2.65 bits per heavy atom. The summed E-state index contributed by atoms with van der Waals surface area (Å²) in [5, 5.41) is 7.63. The zero-order chi connectivity index (χ0) is 13.8. The van der Waals surface area contributed by atoms with Crippen molar-refractivity contribution in [3.63, 3.8) is 0 Å². The van der Waals surface area contributed by atoms with Crippen molar-refractivity contribution >= 4 is 18.3 Å². The molecule has 1 fully saturated rings. The van der Waals surface area contributed by atoms with E-state index in [9.17, 15) is 4.79 Å². The Hall–Kier alpha value is -1.07. The third-order valence-electron chi connectivity index (χ3n) is 3.72. The molecule has 1 amide bonds. The molecule has 114 valence electrons. The maximum atomic E-state index is 12.7. The number of carbonyl (C=O) groups is 1. The van der Waals surface area contributed by atoms with Crippen LogP contribution in [-0.4, -0.2) is 46.3 Å². The van der Waals surface area contributed by atoms with Gasteiger partial charge in [-0.05, 0) is 39.3 Å². The van der Waals surface area contributed by atoms with Crippen LogP contribution in [0.2, 0.25) is 0 Å². The van der Waals surface area contributed by atoms with Crippen LogP contribution in [0.4, 0.5) is 0 Å². The number of nitrogens with zero attached hydrogens (tertiary/aromatic N) is 3. The summed E-state index contributed by atoms with van der Waals surface area (Å²) in [4.78, 5) is 14.8. The highest BCUT2D eigenvalue weighted by atomic mass is 35.5. The minimum atomic E-state index is 0. The van der Waals surface area contributed by atoms with E-state index in [0.717, 1.165) is 50.2 Å². The van der Waals surface area contributed by atoms with Gasteiger partial charge < -0.3 is 10.2 Å². The van der Waals surface area contributed by atoms with E-state index >= 15 is 0 Å². The van der Waals surface area contributed by atoms with Crippen molar-refractivity contribution in [2.45, 2.75) is 39.2 Å². The number of piperidine rings is 1. The van der Waals surface area contributed by atoms with Crippen LogP contribution in [0.1, 0.15) is 42.2 Å². The number of rotatable bonds is 4. The molecule has 1 N–H and O–H groups in total. The summed E-state index contributed by atoms with van der Waals surface area (Å²) in [5.41, 5.74) is 1.57. The third kappa shape index (κ3) is 3.73. The van der Waals surface area contributed by atoms with Gasteiger partial charge in [-0.3, -0.25) is 9.48 Å². The van der Waals surface area contributed by atoms with Gasteiger partial charge in [0.1, 0.15) is 0 Å². The summed E-state index contributed by atoms with van der Waals surface area (Å²) >= 11 is 0. The highest BCUT2D eigenvalue weighted by Gasteiger charge is 2.27. The Morgan fingerprint density at radius 2 is 2.15 bits per heavy atom. The van der Waals surface area contributed by atoms with Crippen LogP contribution >= 0.6 is 12.4 Å². The fourth-order valence-electron chi connectivity index (χ4n) is 2.77. The van der Waals surface area contributed by atoms with E-state index in [1.165, 1.54) is 0 Å². The SMILES string of the molecule is CCCN(C(=O)c1cn(C)nc1C)C1CCNCC1.Cl. The van der Waals surface area contributed by atoms with Crippen molar-refractivity contribution in [3.8, 4) is 0 Å². The van der Waals surface area contributed by atoms with Crippen molar-refractivity contribution in [2.24, 2.45) is 7.05 Å². The minimum absolute atomic E-state index is 0. The molecule has 1 aliphatic heterocycles. The Kier molecular flexibility index (Phi) is 6.49. The van der Waals surface area contributed by atoms with Crippen molar-refractivity contribution in [1.29, 1.82) is 0 Å². The molecule has 0 unspecified atom stereocenters. The van der Waals surface area contributed by atoms with Crippen LogP contribution in [-0.2, 0) is 7.05 Å². The average molecular weight is 301 g/mol. The number of aromatic nitrogens is 2. The smallest absolute Gasteiger partial charge is 0.257 e. The fourth-order valence-corrected chi connectivity index (χ4v) is 2.77. The van der Waals surface area contributed by atoms with Crippen molar-refractivity contribution in [3.05, 3.63) is 17.5 Å². The van der Waals surface area contributed by atoms with Gasteiger partial charge >= 0.3 is 0 Å². The average Bonchev–Trinajstić information content (AvgIpc) is 2.75. The summed E-state index contributed by atoms with van der Waals surface area (Å²) < 4.78 is 1.72. The number of hydrogen-bond donors (Lipinski definition) is 1. The first-order valence-electron chi connectivity index (χ1n) is 7.15. The molecule has 1 aromatic rings. The molecule has 20 heavy (non-hydrogen) atoms. The van der Waals surface area contributed by atoms with Gasteiger partial charge in [0.2, 0.25) is 0 Å². The van der Waals surface area contributed by atoms with E-state index < -0.39 is 0 Å². The Balaban J connectivity index is 0.00000200. The first-order valence-corrected chi connectivity index (χ1v) is 7.15. The molecule has 1 saturated heterocycles. The summed E-state index contributed by atoms with van der Waals surface area (Å²) in [6, 6.07) is 0.369. The number of aryl methyl sites for hydroxylation is 2. The lowest BCUT2D eigenvalue weighted by molar-refractivity contribution is 0.0642. The van der Waals surface area contributed by atoms with Crippen LogP contribution in [0.5, 0.6) is 0 Å². The molecular formula is C14H25ClN4O. The second kappa shape index (κ2) is 7.64. The summed E-state index contributed by atoms with van der Waals surface area (Å²) in [6.45, 7) is 6.86. The van der Waals surface area contributed by atoms with Gasteiger partial charge in [-0.2, -0.15) is 5.10 Å². The first kappa shape index (κ1) is 17.0. The standard InChI is InChI=1S/C14H24N4O.ClH/c1-4-9-18(12-5-7-15-8-6-12)14(19)13-10-17(3)16-11(13)2;/h10,12,15H,4-9H2,1-3H3;1H. The molecular weight excluding hydrogens is 276 g/mol. The van der Waals surface area contributed by atoms with Gasteiger partial charge in [0.15, 0.2) is 0 Å². The lowest BCUT2D eigenvalue weighted by Crippen LogP contribution is -2.46. The lowest BCUT2D eigenvalue weighted by Gasteiger charge is -2.34. The maximum Gasteiger partial charge on any atom is 0.257 e. The molecule has 0 radical (unpaired) electrons. The van der Waals surface area contributed by atoms with E-state index in [2.05, 4.69) is 17.3 Å². The topological polar surface area (TPSA) is 50.2 Å². The molecule has 1 aromatic heterocycles. The molecule has 2 rings (SSSR count). The van der Waals surface area contributed by atoms with E-state index in [0.29, 0.717) is 6.04 Å². The van der Waals surface area contributed by atoms with Crippen molar-refractivity contribution < 1.29 is 4.79 Å².